The van der Waals surface area contributed by atoms with Crippen molar-refractivity contribution in [2.45, 2.75) is 69.5 Å². The number of alkyl halides is 1. The van der Waals surface area contributed by atoms with Crippen molar-refractivity contribution in [3.05, 3.63) is 33.1 Å². The van der Waals surface area contributed by atoms with E-state index in [2.05, 4.69) is 51.3 Å². The molecule has 0 spiro atoms. The Kier molecular flexibility index (Phi) is 5.40. The van der Waals surface area contributed by atoms with Crippen LogP contribution in [0.4, 0.5) is 14.6 Å². The zero-order valence-corrected chi connectivity index (χ0v) is 21.2. The molecular weight excluding hydrogens is 536 g/mol. The van der Waals surface area contributed by atoms with E-state index in [1.165, 1.54) is 0 Å². The van der Waals surface area contributed by atoms with Gasteiger partial charge in [-0.1, -0.05) is 0 Å². The van der Waals surface area contributed by atoms with E-state index in [4.69, 9.17) is 9.47 Å². The second-order valence-electron chi connectivity index (χ2n) is 10.3. The predicted molar refractivity (Wildman–Crippen MR) is 130 cm³/mol. The summed E-state index contributed by atoms with van der Waals surface area (Å²) in [7, 11) is 0. The van der Waals surface area contributed by atoms with Crippen LogP contribution < -0.4 is 10.1 Å². The molecular formula is C24H26BrF2N7O2. The number of anilines is 1. The average molecular weight is 562 g/mol. The normalized spacial score (nSPS) is 25.5. The molecule has 190 valence electrons. The van der Waals surface area contributed by atoms with E-state index in [9.17, 15) is 4.39 Å². The Balaban J connectivity index is 1.23. The van der Waals surface area contributed by atoms with E-state index >= 15 is 4.39 Å². The van der Waals surface area contributed by atoms with E-state index < -0.39 is 12.0 Å². The third-order valence-corrected chi connectivity index (χ3v) is 8.69. The van der Waals surface area contributed by atoms with Crippen molar-refractivity contribution in [2.24, 2.45) is 0 Å². The van der Waals surface area contributed by atoms with E-state index in [-0.39, 0.29) is 23.7 Å². The van der Waals surface area contributed by atoms with Crippen LogP contribution in [-0.2, 0) is 24.5 Å². The fraction of sp³-hybridized carbons (Fsp3) is 0.583. The summed E-state index contributed by atoms with van der Waals surface area (Å²) in [5, 5.41) is 11.2. The number of nitrogens with one attached hydrogen (secondary N) is 2. The van der Waals surface area contributed by atoms with Gasteiger partial charge in [-0.25, -0.2) is 13.8 Å². The monoisotopic (exact) mass is 561 g/mol. The van der Waals surface area contributed by atoms with Crippen molar-refractivity contribution in [3.63, 3.8) is 0 Å². The second-order valence-corrected chi connectivity index (χ2v) is 11.1. The van der Waals surface area contributed by atoms with Crippen LogP contribution in [0, 0.1) is 5.82 Å². The molecule has 4 aliphatic rings. The number of fused-ring (bicyclic) bond motifs is 4. The summed E-state index contributed by atoms with van der Waals surface area (Å²) in [5.74, 6) is 1.91. The highest BCUT2D eigenvalue weighted by molar-refractivity contribution is 9.10. The molecule has 1 saturated carbocycles. The zero-order valence-electron chi connectivity index (χ0n) is 19.6. The van der Waals surface area contributed by atoms with Crippen LogP contribution in [0.25, 0.3) is 10.9 Å². The molecule has 1 aliphatic carbocycles. The minimum absolute atomic E-state index is 0.0643. The van der Waals surface area contributed by atoms with Gasteiger partial charge in [0.25, 0.3) is 0 Å². The Morgan fingerprint density at radius 1 is 1.22 bits per heavy atom. The van der Waals surface area contributed by atoms with Gasteiger partial charge in [-0.2, -0.15) is 15.1 Å². The number of H-pyrrole nitrogens is 1. The quantitative estimate of drug-likeness (QED) is 0.444. The third kappa shape index (κ3) is 3.76. The first-order chi connectivity index (χ1) is 17.5. The lowest BCUT2D eigenvalue weighted by molar-refractivity contribution is 0.107. The Bertz CT molecular complexity index is 1350. The van der Waals surface area contributed by atoms with Crippen molar-refractivity contribution in [1.29, 1.82) is 0 Å². The molecule has 3 fully saturated rings. The molecule has 3 aromatic rings. The lowest BCUT2D eigenvalue weighted by Crippen LogP contribution is -2.43. The number of nitrogens with zero attached hydrogens (tertiary/aromatic N) is 5. The molecule has 0 unspecified atom stereocenters. The van der Waals surface area contributed by atoms with E-state index in [1.807, 2.05) is 0 Å². The Morgan fingerprint density at radius 2 is 2.08 bits per heavy atom. The van der Waals surface area contributed by atoms with Crippen molar-refractivity contribution in [1.82, 2.24) is 30.0 Å². The first-order valence-electron chi connectivity index (χ1n) is 12.5. The van der Waals surface area contributed by atoms with Gasteiger partial charge in [-0.3, -0.25) is 10.00 Å². The topological polar surface area (TPSA) is 101 Å². The van der Waals surface area contributed by atoms with Gasteiger partial charge >= 0.3 is 6.01 Å². The fourth-order valence-electron chi connectivity index (χ4n) is 5.89. The summed E-state index contributed by atoms with van der Waals surface area (Å²) in [6.45, 7) is 2.55. The molecule has 2 N–H and O–H groups in total. The number of aromatic nitrogens is 5. The van der Waals surface area contributed by atoms with Crippen LogP contribution in [0.5, 0.6) is 6.01 Å². The molecule has 2 aromatic heterocycles. The largest absolute Gasteiger partial charge is 0.461 e. The van der Waals surface area contributed by atoms with Crippen LogP contribution in [0.1, 0.15) is 60.8 Å². The lowest BCUT2D eigenvalue weighted by atomic mass is 9.95. The van der Waals surface area contributed by atoms with Gasteiger partial charge in [0.05, 0.1) is 35.2 Å². The standard InChI is InChI=1S/C24H26BrF2N7O2/c25-18-15-10-35-9-14(15)17-20(19(18)27)30-23(36-11-24-4-1-5-34(24)8-13(26)6-24)31-22(17)28-7-16-29-21(33-32-16)12-2-3-12/h12-13H,1-11H2,(H,28,30,31)(H,29,32,33)/t13-,24+/m1/s1. The summed E-state index contributed by atoms with van der Waals surface area (Å²) in [6, 6.07) is 0.0643. The molecule has 3 aliphatic heterocycles. The van der Waals surface area contributed by atoms with Gasteiger partial charge in [0.1, 0.15) is 29.9 Å². The molecule has 2 atom stereocenters. The van der Waals surface area contributed by atoms with Gasteiger partial charge in [-0.15, -0.1) is 0 Å². The smallest absolute Gasteiger partial charge is 0.319 e. The zero-order chi connectivity index (χ0) is 24.4. The molecule has 0 amide bonds. The Labute approximate surface area is 214 Å². The predicted octanol–water partition coefficient (Wildman–Crippen LogP) is 4.12. The maximum atomic E-state index is 15.5. The van der Waals surface area contributed by atoms with Crippen LogP contribution >= 0.6 is 15.9 Å². The molecule has 12 heteroatoms. The summed E-state index contributed by atoms with van der Waals surface area (Å²) in [5.41, 5.74) is 1.41. The van der Waals surface area contributed by atoms with Crippen LogP contribution in [-0.4, -0.2) is 61.5 Å². The summed E-state index contributed by atoms with van der Waals surface area (Å²) >= 11 is 3.39. The third-order valence-electron chi connectivity index (χ3n) is 7.86. The SMILES string of the molecule is Fc1c(Br)c2c(c3c(NCc4nc(C5CC5)n[nH]4)nc(OC[C@@]45CCCN4C[C@H](F)C5)nc13)COC2. The molecule has 1 aromatic carbocycles. The van der Waals surface area contributed by atoms with E-state index in [1.54, 1.807) is 0 Å². The number of rotatable bonds is 7. The second kappa shape index (κ2) is 8.56. The maximum absolute atomic E-state index is 15.5. The van der Waals surface area contributed by atoms with E-state index in [0.29, 0.717) is 60.1 Å². The summed E-state index contributed by atoms with van der Waals surface area (Å²) in [4.78, 5) is 15.9. The number of aromatic amines is 1. The highest BCUT2D eigenvalue weighted by Crippen LogP contribution is 2.42. The van der Waals surface area contributed by atoms with Crippen molar-refractivity contribution >= 4 is 32.7 Å². The molecule has 7 rings (SSSR count). The lowest BCUT2D eigenvalue weighted by Gasteiger charge is -2.30. The number of halogens is 3. The van der Waals surface area contributed by atoms with Crippen LogP contribution in [0.2, 0.25) is 0 Å². The first kappa shape index (κ1) is 22.7. The molecule has 5 heterocycles. The Morgan fingerprint density at radius 3 is 2.94 bits per heavy atom. The number of ether oxygens (including phenoxy) is 2. The van der Waals surface area contributed by atoms with Crippen LogP contribution in [0.3, 0.4) is 0 Å². The van der Waals surface area contributed by atoms with Crippen molar-refractivity contribution in [2.75, 3.05) is 25.0 Å². The first-order valence-corrected chi connectivity index (χ1v) is 13.3. The summed E-state index contributed by atoms with van der Waals surface area (Å²) in [6.07, 6.45) is 3.68. The van der Waals surface area contributed by atoms with Gasteiger partial charge in [-0.05, 0) is 53.7 Å². The minimum atomic E-state index is -0.859. The highest BCUT2D eigenvalue weighted by Gasteiger charge is 2.49. The van der Waals surface area contributed by atoms with Crippen molar-refractivity contribution < 1.29 is 18.3 Å². The molecule has 2 saturated heterocycles. The van der Waals surface area contributed by atoms with Gasteiger partial charge in [0.2, 0.25) is 0 Å². The molecule has 36 heavy (non-hydrogen) atoms. The van der Waals surface area contributed by atoms with Crippen LogP contribution in [0.15, 0.2) is 4.47 Å². The average Bonchev–Trinajstić information content (AvgIpc) is 3.19. The fourth-order valence-corrected chi connectivity index (χ4v) is 6.43. The Hall–Kier alpha value is -2.44. The van der Waals surface area contributed by atoms with E-state index in [0.717, 1.165) is 49.2 Å². The van der Waals surface area contributed by atoms with Gasteiger partial charge in [0, 0.05) is 24.4 Å². The number of benzene rings is 1. The summed E-state index contributed by atoms with van der Waals surface area (Å²) < 4.78 is 41.8. The maximum Gasteiger partial charge on any atom is 0.319 e. The minimum Gasteiger partial charge on any atom is -0.461 e. The molecule has 9 nitrogen and oxygen atoms in total. The van der Waals surface area contributed by atoms with Gasteiger partial charge in [0.15, 0.2) is 11.6 Å². The molecule has 0 bridgehead atoms. The van der Waals surface area contributed by atoms with Crippen molar-refractivity contribution in [3.8, 4) is 6.01 Å². The molecule has 0 radical (unpaired) electrons. The number of hydrogen-bond acceptors (Lipinski definition) is 8. The highest BCUT2D eigenvalue weighted by atomic mass is 79.9. The van der Waals surface area contributed by atoms with Gasteiger partial charge < -0.3 is 14.8 Å². The number of hydrogen-bond donors (Lipinski definition) is 2.